The Bertz CT molecular complexity index is 409. The van der Waals surface area contributed by atoms with Gasteiger partial charge in [-0.15, -0.1) is 0 Å². The monoisotopic (exact) mass is 209 g/mol. The maximum atomic E-state index is 13.0. The Morgan fingerprint density at radius 1 is 1.43 bits per heavy atom. The van der Waals surface area contributed by atoms with Crippen molar-refractivity contribution < 1.29 is 4.39 Å². The summed E-state index contributed by atoms with van der Waals surface area (Å²) in [6.07, 6.45) is 0. The zero-order valence-corrected chi connectivity index (χ0v) is 8.69. The molecule has 1 aromatic rings. The van der Waals surface area contributed by atoms with E-state index in [1.807, 2.05) is 6.07 Å². The molecule has 0 heterocycles. The van der Waals surface area contributed by atoms with E-state index in [9.17, 15) is 4.39 Å². The van der Waals surface area contributed by atoms with Gasteiger partial charge in [0.2, 0.25) is 0 Å². The molecule has 1 nitrogen and oxygen atoms in total. The number of rotatable bonds is 1. The molecule has 0 aliphatic heterocycles. The average Bonchev–Trinajstić information content (AvgIpc) is 2.14. The Balaban J connectivity index is 3.28. The van der Waals surface area contributed by atoms with Crippen LogP contribution in [0, 0.1) is 24.1 Å². The molecule has 0 N–H and O–H groups in total. The predicted molar refractivity (Wildman–Crippen MR) is 55.2 cm³/mol. The van der Waals surface area contributed by atoms with E-state index in [1.165, 1.54) is 12.1 Å². The summed E-state index contributed by atoms with van der Waals surface area (Å²) in [5.74, 6) is -0.344. The largest absolute Gasteiger partial charge is 0.207 e. The van der Waals surface area contributed by atoms with Gasteiger partial charge in [0.25, 0.3) is 0 Å². The molecule has 1 aromatic carbocycles. The van der Waals surface area contributed by atoms with Crippen LogP contribution in [-0.4, -0.2) is 0 Å². The Morgan fingerprint density at radius 3 is 2.57 bits per heavy atom. The van der Waals surface area contributed by atoms with Crippen molar-refractivity contribution in [2.24, 2.45) is 0 Å². The number of hydrogen-bond donors (Lipinski definition) is 0. The van der Waals surface area contributed by atoms with Crippen molar-refractivity contribution in [1.29, 1.82) is 5.26 Å². The third-order valence-corrected chi connectivity index (χ3v) is 2.29. The van der Waals surface area contributed by atoms with Crippen LogP contribution in [0.4, 0.5) is 4.39 Å². The van der Waals surface area contributed by atoms with Crippen molar-refractivity contribution >= 4 is 16.6 Å². The molecule has 0 spiro atoms. The molecule has 0 saturated carbocycles. The van der Waals surface area contributed by atoms with Crippen molar-refractivity contribution in [3.8, 4) is 6.07 Å². The van der Waals surface area contributed by atoms with Gasteiger partial charge < -0.3 is 0 Å². The molecular weight excluding hydrogens is 201 g/mol. The highest BCUT2D eigenvalue weighted by Crippen LogP contribution is 2.24. The first-order chi connectivity index (χ1) is 6.54. The van der Waals surface area contributed by atoms with Crippen molar-refractivity contribution in [2.45, 2.75) is 13.8 Å². The molecular formula is C11H9ClFN. The molecule has 3 heteroatoms. The summed E-state index contributed by atoms with van der Waals surface area (Å²) in [5, 5.41) is 8.92. The molecule has 1 rings (SSSR count). The van der Waals surface area contributed by atoms with Crippen LogP contribution in [0.1, 0.15) is 18.1 Å². The summed E-state index contributed by atoms with van der Waals surface area (Å²) in [6, 6.07) is 6.40. The normalized spacial score (nSPS) is 11.9. The zero-order valence-electron chi connectivity index (χ0n) is 7.94. The maximum absolute atomic E-state index is 13.0. The first-order valence-corrected chi connectivity index (χ1v) is 4.46. The fraction of sp³-hybridized carbons (Fsp3) is 0.182. The lowest BCUT2D eigenvalue weighted by molar-refractivity contribution is 0.626. The van der Waals surface area contributed by atoms with Gasteiger partial charge >= 0.3 is 0 Å². The molecule has 14 heavy (non-hydrogen) atoms. The number of hydrogen-bond acceptors (Lipinski definition) is 1. The van der Waals surface area contributed by atoms with Crippen molar-refractivity contribution in [1.82, 2.24) is 0 Å². The Kier molecular flexibility index (Phi) is 3.27. The molecule has 0 saturated heterocycles. The maximum Gasteiger partial charge on any atom is 0.124 e. The number of nitrogens with zero attached hydrogens (tertiary/aromatic N) is 1. The number of allylic oxidation sites excluding steroid dienone is 1. The average molecular weight is 210 g/mol. The Labute approximate surface area is 87.4 Å². The van der Waals surface area contributed by atoms with Gasteiger partial charge in [0, 0.05) is 5.57 Å². The van der Waals surface area contributed by atoms with Crippen molar-refractivity contribution in [3.63, 3.8) is 0 Å². The first-order valence-electron chi connectivity index (χ1n) is 4.08. The minimum Gasteiger partial charge on any atom is -0.207 e. The fourth-order valence-corrected chi connectivity index (χ4v) is 1.28. The van der Waals surface area contributed by atoms with Crippen LogP contribution in [0.5, 0.6) is 0 Å². The van der Waals surface area contributed by atoms with Crippen LogP contribution in [0.2, 0.25) is 0 Å². The van der Waals surface area contributed by atoms with Gasteiger partial charge in [-0.1, -0.05) is 17.7 Å². The number of nitriles is 1. The summed E-state index contributed by atoms with van der Waals surface area (Å²) in [6.45, 7) is 3.38. The summed E-state index contributed by atoms with van der Waals surface area (Å²) < 4.78 is 13.0. The molecule has 0 aliphatic rings. The summed E-state index contributed by atoms with van der Waals surface area (Å²) in [4.78, 5) is 0. The Hall–Kier alpha value is -1.33. The SMILES string of the molecule is C/C(C#N)=C(/Cl)c1cc(C)cc(F)c1. The van der Waals surface area contributed by atoms with Gasteiger partial charge in [-0.05, 0) is 37.1 Å². The number of halogens is 2. The highest BCUT2D eigenvalue weighted by Gasteiger charge is 2.04. The van der Waals surface area contributed by atoms with Gasteiger partial charge in [-0.25, -0.2) is 4.39 Å². The van der Waals surface area contributed by atoms with Gasteiger partial charge in [0.05, 0.1) is 11.1 Å². The van der Waals surface area contributed by atoms with E-state index < -0.39 is 0 Å². The lowest BCUT2D eigenvalue weighted by Gasteiger charge is -2.02. The summed E-state index contributed by atoms with van der Waals surface area (Å²) >= 11 is 5.89. The molecule has 0 radical (unpaired) electrons. The quantitative estimate of drug-likeness (QED) is 0.648. The highest BCUT2D eigenvalue weighted by atomic mass is 35.5. The number of benzene rings is 1. The van der Waals surface area contributed by atoms with E-state index in [0.717, 1.165) is 5.56 Å². The van der Waals surface area contributed by atoms with Crippen LogP contribution in [0.15, 0.2) is 23.8 Å². The molecule has 0 unspecified atom stereocenters. The van der Waals surface area contributed by atoms with Crippen molar-refractivity contribution in [3.05, 3.63) is 40.7 Å². The van der Waals surface area contributed by atoms with Crippen LogP contribution in [-0.2, 0) is 0 Å². The predicted octanol–water partition coefficient (Wildman–Crippen LogP) is 3.63. The van der Waals surface area contributed by atoms with E-state index in [1.54, 1.807) is 19.9 Å². The smallest absolute Gasteiger partial charge is 0.124 e. The fourth-order valence-electron chi connectivity index (χ4n) is 1.13. The van der Waals surface area contributed by atoms with Crippen LogP contribution >= 0.6 is 11.6 Å². The first kappa shape index (κ1) is 10.7. The Morgan fingerprint density at radius 2 is 2.07 bits per heavy atom. The van der Waals surface area contributed by atoms with E-state index in [-0.39, 0.29) is 5.82 Å². The van der Waals surface area contributed by atoms with E-state index in [2.05, 4.69) is 0 Å². The minimum atomic E-state index is -0.344. The summed E-state index contributed by atoms with van der Waals surface area (Å²) in [7, 11) is 0. The zero-order chi connectivity index (χ0) is 10.7. The standard InChI is InChI=1S/C11H9ClFN/c1-7-3-9(5-10(13)4-7)11(12)8(2)6-14/h3-5H,1-2H3/b11-8-. The molecule has 0 aliphatic carbocycles. The second kappa shape index (κ2) is 4.26. The molecule has 0 aromatic heterocycles. The third-order valence-electron chi connectivity index (χ3n) is 1.79. The van der Waals surface area contributed by atoms with Crippen LogP contribution < -0.4 is 0 Å². The van der Waals surface area contributed by atoms with Crippen LogP contribution in [0.3, 0.4) is 0 Å². The number of aryl methyl sites for hydroxylation is 1. The van der Waals surface area contributed by atoms with E-state index in [4.69, 9.17) is 16.9 Å². The second-order valence-corrected chi connectivity index (χ2v) is 3.45. The highest BCUT2D eigenvalue weighted by molar-refractivity contribution is 6.49. The second-order valence-electron chi connectivity index (χ2n) is 3.07. The van der Waals surface area contributed by atoms with Gasteiger partial charge in [0.15, 0.2) is 0 Å². The topological polar surface area (TPSA) is 23.8 Å². The van der Waals surface area contributed by atoms with Crippen molar-refractivity contribution in [2.75, 3.05) is 0 Å². The van der Waals surface area contributed by atoms with E-state index in [0.29, 0.717) is 16.2 Å². The van der Waals surface area contributed by atoms with Crippen LogP contribution in [0.25, 0.3) is 5.03 Å². The van der Waals surface area contributed by atoms with Gasteiger partial charge in [-0.3, -0.25) is 0 Å². The molecule has 0 atom stereocenters. The molecule has 0 amide bonds. The molecule has 0 bridgehead atoms. The summed E-state index contributed by atoms with van der Waals surface area (Å²) in [5.41, 5.74) is 1.71. The third kappa shape index (κ3) is 2.34. The lowest BCUT2D eigenvalue weighted by Crippen LogP contribution is -1.85. The van der Waals surface area contributed by atoms with Gasteiger partial charge in [0.1, 0.15) is 5.82 Å². The van der Waals surface area contributed by atoms with E-state index >= 15 is 0 Å². The van der Waals surface area contributed by atoms with Gasteiger partial charge in [-0.2, -0.15) is 5.26 Å². The minimum absolute atomic E-state index is 0.301. The molecule has 72 valence electrons. The lowest BCUT2D eigenvalue weighted by atomic mass is 10.1. The molecule has 0 fully saturated rings.